The highest BCUT2D eigenvalue weighted by molar-refractivity contribution is 7.93. The van der Waals surface area contributed by atoms with Gasteiger partial charge in [-0.3, -0.25) is 4.72 Å². The van der Waals surface area contributed by atoms with Gasteiger partial charge in [0, 0.05) is 5.69 Å². The summed E-state index contributed by atoms with van der Waals surface area (Å²) in [6.07, 6.45) is 1.02. The molecule has 0 amide bonds. The van der Waals surface area contributed by atoms with Crippen molar-refractivity contribution < 1.29 is 17.2 Å². The molecule has 0 aliphatic rings. The SMILES string of the molecule is CC(C)CC(C)c1ccc(NS(=O)(=O)C(F)F)cc1. The lowest BCUT2D eigenvalue weighted by molar-refractivity contribution is 0.236. The summed E-state index contributed by atoms with van der Waals surface area (Å²) in [6.45, 7) is 6.33. The molecule has 1 rings (SSSR count). The Balaban J connectivity index is 2.77. The van der Waals surface area contributed by atoms with Gasteiger partial charge >= 0.3 is 5.76 Å². The van der Waals surface area contributed by atoms with Gasteiger partial charge in [0.25, 0.3) is 10.0 Å². The van der Waals surface area contributed by atoms with Crippen molar-refractivity contribution in [3.8, 4) is 0 Å². The van der Waals surface area contributed by atoms with Gasteiger partial charge in [0.05, 0.1) is 0 Å². The normalized spacial score (nSPS) is 13.8. The minimum absolute atomic E-state index is 0.154. The second-order valence-corrected chi connectivity index (χ2v) is 6.71. The predicted molar refractivity (Wildman–Crippen MR) is 72.9 cm³/mol. The van der Waals surface area contributed by atoms with Crippen LogP contribution in [-0.4, -0.2) is 14.2 Å². The fourth-order valence-electron chi connectivity index (χ4n) is 1.93. The van der Waals surface area contributed by atoms with E-state index in [1.54, 1.807) is 12.1 Å². The van der Waals surface area contributed by atoms with Crippen molar-refractivity contribution in [2.75, 3.05) is 4.72 Å². The molecule has 0 aromatic heterocycles. The first-order chi connectivity index (χ1) is 8.72. The van der Waals surface area contributed by atoms with Gasteiger partial charge in [0.15, 0.2) is 0 Å². The largest absolute Gasteiger partial charge is 0.355 e. The molecule has 0 saturated carbocycles. The summed E-state index contributed by atoms with van der Waals surface area (Å²) in [6, 6.07) is 6.53. The van der Waals surface area contributed by atoms with E-state index in [-0.39, 0.29) is 5.69 Å². The maximum Gasteiger partial charge on any atom is 0.355 e. The van der Waals surface area contributed by atoms with Crippen molar-refractivity contribution in [2.45, 2.75) is 38.9 Å². The zero-order valence-electron chi connectivity index (χ0n) is 11.2. The van der Waals surface area contributed by atoms with Crippen LogP contribution in [0.25, 0.3) is 0 Å². The first-order valence-corrected chi connectivity index (χ1v) is 7.66. The highest BCUT2D eigenvalue weighted by Crippen LogP contribution is 2.24. The van der Waals surface area contributed by atoms with Crippen molar-refractivity contribution in [1.29, 1.82) is 0 Å². The van der Waals surface area contributed by atoms with Crippen molar-refractivity contribution in [1.82, 2.24) is 0 Å². The van der Waals surface area contributed by atoms with Gasteiger partial charge < -0.3 is 0 Å². The first-order valence-electron chi connectivity index (χ1n) is 6.12. The Morgan fingerprint density at radius 1 is 1.11 bits per heavy atom. The van der Waals surface area contributed by atoms with Gasteiger partial charge in [0.2, 0.25) is 0 Å². The maximum absolute atomic E-state index is 12.2. The molecule has 0 aliphatic heterocycles. The molecule has 19 heavy (non-hydrogen) atoms. The van der Waals surface area contributed by atoms with Crippen molar-refractivity contribution >= 4 is 15.7 Å². The van der Waals surface area contributed by atoms with Crippen LogP contribution in [0, 0.1) is 5.92 Å². The van der Waals surface area contributed by atoms with Crippen LogP contribution in [0.1, 0.15) is 38.7 Å². The van der Waals surface area contributed by atoms with Gasteiger partial charge in [0.1, 0.15) is 0 Å². The standard InChI is InChI=1S/C13H19F2NO2S/c1-9(2)8-10(3)11-4-6-12(7-5-11)16-19(17,18)13(14)15/h4-7,9-10,13,16H,8H2,1-3H3. The van der Waals surface area contributed by atoms with E-state index in [0.717, 1.165) is 12.0 Å². The summed E-state index contributed by atoms with van der Waals surface area (Å²) in [7, 11) is -4.59. The molecule has 0 heterocycles. The van der Waals surface area contributed by atoms with Crippen LogP contribution in [0.4, 0.5) is 14.5 Å². The molecule has 0 fully saturated rings. The quantitative estimate of drug-likeness (QED) is 0.866. The third-order valence-corrected chi connectivity index (χ3v) is 3.79. The topological polar surface area (TPSA) is 46.2 Å². The van der Waals surface area contributed by atoms with E-state index >= 15 is 0 Å². The Bertz CT molecular complexity index is 498. The van der Waals surface area contributed by atoms with E-state index in [1.807, 2.05) is 4.72 Å². The summed E-state index contributed by atoms with van der Waals surface area (Å²) in [5.74, 6) is -2.51. The fraction of sp³-hybridized carbons (Fsp3) is 0.538. The Kier molecular flexibility index (Phi) is 5.29. The van der Waals surface area contributed by atoms with E-state index < -0.39 is 15.8 Å². The molecule has 0 spiro atoms. The summed E-state index contributed by atoms with van der Waals surface area (Å²) >= 11 is 0. The van der Waals surface area contributed by atoms with Gasteiger partial charge in [-0.15, -0.1) is 0 Å². The highest BCUT2D eigenvalue weighted by Gasteiger charge is 2.23. The summed E-state index contributed by atoms with van der Waals surface area (Å²) < 4.78 is 48.3. The molecule has 0 aliphatic carbocycles. The van der Waals surface area contributed by atoms with E-state index in [4.69, 9.17) is 0 Å². The van der Waals surface area contributed by atoms with Crippen LogP contribution in [0.3, 0.4) is 0 Å². The van der Waals surface area contributed by atoms with E-state index in [1.165, 1.54) is 12.1 Å². The number of sulfonamides is 1. The number of alkyl halides is 2. The Hall–Kier alpha value is -1.17. The van der Waals surface area contributed by atoms with E-state index in [2.05, 4.69) is 20.8 Å². The molecule has 1 aromatic rings. The Morgan fingerprint density at radius 3 is 2.05 bits per heavy atom. The number of benzene rings is 1. The lowest BCUT2D eigenvalue weighted by Gasteiger charge is -2.15. The summed E-state index contributed by atoms with van der Waals surface area (Å²) in [4.78, 5) is 0. The number of hydrogen-bond donors (Lipinski definition) is 1. The molecule has 6 heteroatoms. The van der Waals surface area contributed by atoms with Crippen molar-refractivity contribution in [2.24, 2.45) is 5.92 Å². The Labute approximate surface area is 113 Å². The van der Waals surface area contributed by atoms with Crippen molar-refractivity contribution in [3.63, 3.8) is 0 Å². The number of hydrogen-bond acceptors (Lipinski definition) is 2. The van der Waals surface area contributed by atoms with Gasteiger partial charge in [-0.25, -0.2) is 8.42 Å². The molecule has 1 N–H and O–H groups in total. The maximum atomic E-state index is 12.2. The third-order valence-electron chi connectivity index (χ3n) is 2.80. The second kappa shape index (κ2) is 6.32. The molecule has 0 saturated heterocycles. The van der Waals surface area contributed by atoms with Crippen LogP contribution in [0.5, 0.6) is 0 Å². The van der Waals surface area contributed by atoms with Crippen molar-refractivity contribution in [3.05, 3.63) is 29.8 Å². The first kappa shape index (κ1) is 15.9. The molecule has 0 bridgehead atoms. The highest BCUT2D eigenvalue weighted by atomic mass is 32.2. The average Bonchev–Trinajstić information content (AvgIpc) is 2.28. The van der Waals surface area contributed by atoms with Gasteiger partial charge in [-0.2, -0.15) is 8.78 Å². The number of rotatable bonds is 6. The molecule has 108 valence electrons. The molecule has 1 aromatic carbocycles. The monoisotopic (exact) mass is 291 g/mol. The molecule has 1 atom stereocenters. The summed E-state index contributed by atoms with van der Waals surface area (Å²) in [5.41, 5.74) is 1.22. The lowest BCUT2D eigenvalue weighted by Crippen LogP contribution is -2.20. The van der Waals surface area contributed by atoms with Gasteiger partial charge in [-0.1, -0.05) is 32.9 Å². The predicted octanol–water partition coefficient (Wildman–Crippen LogP) is 3.80. The smallest absolute Gasteiger partial charge is 0.279 e. The third kappa shape index (κ3) is 4.78. The lowest BCUT2D eigenvalue weighted by atomic mass is 9.92. The minimum Gasteiger partial charge on any atom is -0.279 e. The van der Waals surface area contributed by atoms with Crippen LogP contribution in [0.2, 0.25) is 0 Å². The van der Waals surface area contributed by atoms with E-state index in [9.17, 15) is 17.2 Å². The molecule has 1 unspecified atom stereocenters. The van der Waals surface area contributed by atoms with Crippen LogP contribution >= 0.6 is 0 Å². The molecule has 0 radical (unpaired) electrons. The Morgan fingerprint density at radius 2 is 1.63 bits per heavy atom. The van der Waals surface area contributed by atoms with Gasteiger partial charge in [-0.05, 0) is 36.0 Å². The molecular formula is C13H19F2NO2S. The minimum atomic E-state index is -4.59. The second-order valence-electron chi connectivity index (χ2n) is 5.06. The molecule has 3 nitrogen and oxygen atoms in total. The zero-order valence-corrected chi connectivity index (χ0v) is 12.0. The number of anilines is 1. The average molecular weight is 291 g/mol. The summed E-state index contributed by atoms with van der Waals surface area (Å²) in [5, 5.41) is 0. The molecular weight excluding hydrogens is 272 g/mol. The number of nitrogens with one attached hydrogen (secondary N) is 1. The fourth-order valence-corrected chi connectivity index (χ4v) is 2.49. The van der Waals surface area contributed by atoms with E-state index in [0.29, 0.717) is 11.8 Å². The number of halogens is 2. The van der Waals surface area contributed by atoms with Crippen LogP contribution in [0.15, 0.2) is 24.3 Å². The van der Waals surface area contributed by atoms with Crippen LogP contribution in [-0.2, 0) is 10.0 Å². The van der Waals surface area contributed by atoms with Crippen LogP contribution < -0.4 is 4.72 Å². The zero-order chi connectivity index (χ0) is 14.6.